The molecule has 3 aromatic carbocycles. The number of sulfone groups is 1. The van der Waals surface area contributed by atoms with Crippen molar-refractivity contribution in [2.45, 2.75) is 55.4 Å². The highest BCUT2D eigenvalue weighted by molar-refractivity contribution is 7.90. The van der Waals surface area contributed by atoms with Crippen molar-refractivity contribution in [1.82, 2.24) is 10.2 Å². The Kier molecular flexibility index (Phi) is 10.1. The summed E-state index contributed by atoms with van der Waals surface area (Å²) in [5.41, 5.74) is 4.12. The van der Waals surface area contributed by atoms with Crippen LogP contribution >= 0.6 is 0 Å². The van der Waals surface area contributed by atoms with Gasteiger partial charge in [0.25, 0.3) is 0 Å². The Morgan fingerprint density at radius 2 is 1.52 bits per heavy atom. The summed E-state index contributed by atoms with van der Waals surface area (Å²) in [4.78, 5) is 26.6. The minimum Gasteiger partial charge on any atom is -0.353 e. The molecule has 0 aromatic heterocycles. The van der Waals surface area contributed by atoms with E-state index in [-0.39, 0.29) is 28.7 Å². The summed E-state index contributed by atoms with van der Waals surface area (Å²) in [5.74, 6) is -0.0422. The first-order chi connectivity index (χ1) is 19.3. The third kappa shape index (κ3) is 7.79. The van der Waals surface area contributed by atoms with Crippen LogP contribution in [-0.2, 0) is 19.4 Å². The van der Waals surface area contributed by atoms with Gasteiger partial charge in [0, 0.05) is 37.0 Å². The van der Waals surface area contributed by atoms with Crippen LogP contribution in [0, 0.1) is 0 Å². The summed E-state index contributed by atoms with van der Waals surface area (Å²) in [6.45, 7) is 4.79. The van der Waals surface area contributed by atoms with Gasteiger partial charge in [-0.3, -0.25) is 9.59 Å². The van der Waals surface area contributed by atoms with E-state index in [4.69, 9.17) is 0 Å². The smallest absolute Gasteiger partial charge is 0.227 e. The second-order valence-corrected chi connectivity index (χ2v) is 12.6. The summed E-state index contributed by atoms with van der Waals surface area (Å²) in [5, 5.41) is 5.95. The lowest BCUT2D eigenvalue weighted by molar-refractivity contribution is -0.123. The molecule has 2 atom stereocenters. The Balaban J connectivity index is 1.31. The average molecular weight is 562 g/mol. The first-order valence-corrected chi connectivity index (χ1v) is 15.9. The summed E-state index contributed by atoms with van der Waals surface area (Å²) in [6.07, 6.45) is 5.30. The molecule has 0 radical (unpaired) electrons. The minimum atomic E-state index is -3.27. The lowest BCUT2D eigenvalue weighted by Gasteiger charge is -2.34. The van der Waals surface area contributed by atoms with E-state index in [0.717, 1.165) is 50.1 Å². The van der Waals surface area contributed by atoms with Crippen molar-refractivity contribution < 1.29 is 18.0 Å². The van der Waals surface area contributed by atoms with Crippen molar-refractivity contribution in [3.8, 4) is 0 Å². The van der Waals surface area contributed by atoms with Gasteiger partial charge in [0.15, 0.2) is 9.84 Å². The number of nitrogens with zero attached hydrogens (tertiary/aromatic N) is 1. The third-order valence-corrected chi connectivity index (χ3v) is 8.97. The zero-order valence-corrected chi connectivity index (χ0v) is 24.1. The second-order valence-electron chi connectivity index (χ2n) is 10.6. The Morgan fingerprint density at radius 3 is 2.10 bits per heavy atom. The van der Waals surface area contributed by atoms with Crippen LogP contribution in [-0.4, -0.2) is 57.6 Å². The van der Waals surface area contributed by atoms with Gasteiger partial charge in [0.05, 0.1) is 10.8 Å². The van der Waals surface area contributed by atoms with Crippen LogP contribution in [0.3, 0.4) is 0 Å². The van der Waals surface area contributed by atoms with Gasteiger partial charge in [-0.05, 0) is 73.2 Å². The van der Waals surface area contributed by atoms with Gasteiger partial charge in [-0.15, -0.1) is 0 Å². The van der Waals surface area contributed by atoms with E-state index in [1.165, 1.54) is 17.4 Å². The molecule has 1 heterocycles. The van der Waals surface area contributed by atoms with E-state index in [9.17, 15) is 18.0 Å². The van der Waals surface area contributed by atoms with E-state index < -0.39 is 9.84 Å². The first kappa shape index (κ1) is 29.5. The quantitative estimate of drug-likeness (QED) is 0.305. The molecule has 212 valence electrons. The maximum absolute atomic E-state index is 13.1. The second kappa shape index (κ2) is 13.7. The summed E-state index contributed by atoms with van der Waals surface area (Å²) >= 11 is 0. The Hall–Kier alpha value is -3.49. The molecule has 0 saturated carbocycles. The number of hydrogen-bond donors (Lipinski definition) is 2. The number of piperidine rings is 1. The number of nitrogens with one attached hydrogen (secondary N) is 2. The highest BCUT2D eigenvalue weighted by atomic mass is 32.2. The van der Waals surface area contributed by atoms with Crippen LogP contribution in [0.25, 0.3) is 0 Å². The number of anilines is 1. The molecule has 7 nitrogen and oxygen atoms in total. The van der Waals surface area contributed by atoms with E-state index in [2.05, 4.69) is 51.9 Å². The van der Waals surface area contributed by atoms with Crippen LogP contribution in [0.15, 0.2) is 83.8 Å². The average Bonchev–Trinajstić information content (AvgIpc) is 2.96. The van der Waals surface area contributed by atoms with Gasteiger partial charge in [-0.1, -0.05) is 61.5 Å². The number of hydrogen-bond acceptors (Lipinski definition) is 5. The molecule has 2 amide bonds. The zero-order chi connectivity index (χ0) is 28.5. The van der Waals surface area contributed by atoms with Crippen LogP contribution < -0.4 is 10.6 Å². The van der Waals surface area contributed by atoms with Crippen molar-refractivity contribution in [2.24, 2.45) is 0 Å². The summed E-state index contributed by atoms with van der Waals surface area (Å²) in [6, 6.07) is 25.4. The van der Waals surface area contributed by atoms with Gasteiger partial charge < -0.3 is 15.5 Å². The van der Waals surface area contributed by atoms with Crippen LogP contribution in [0.5, 0.6) is 0 Å². The topological polar surface area (TPSA) is 95.6 Å². The van der Waals surface area contributed by atoms with E-state index in [0.29, 0.717) is 12.8 Å². The lowest BCUT2D eigenvalue weighted by Crippen LogP contribution is -2.46. The molecular formula is C32H39N3O4S. The molecule has 0 spiro atoms. The third-order valence-electron chi connectivity index (χ3n) is 7.84. The molecule has 3 aromatic rings. The number of amides is 2. The Labute approximate surface area is 237 Å². The maximum atomic E-state index is 13.1. The molecule has 0 bridgehead atoms. The molecule has 1 fully saturated rings. The molecule has 1 aliphatic rings. The number of rotatable bonds is 12. The van der Waals surface area contributed by atoms with Gasteiger partial charge in [0.1, 0.15) is 0 Å². The molecule has 2 unspecified atom stereocenters. The van der Waals surface area contributed by atoms with Gasteiger partial charge in [-0.25, -0.2) is 8.42 Å². The highest BCUT2D eigenvalue weighted by Crippen LogP contribution is 2.30. The number of carbonyl (C=O) groups is 2. The number of likely N-dealkylation sites (tertiary alicyclic amines) is 1. The molecule has 4 rings (SSSR count). The Morgan fingerprint density at radius 1 is 0.925 bits per heavy atom. The van der Waals surface area contributed by atoms with Crippen molar-refractivity contribution >= 4 is 27.8 Å². The largest absolute Gasteiger partial charge is 0.353 e. The summed E-state index contributed by atoms with van der Waals surface area (Å²) < 4.78 is 23.5. The van der Waals surface area contributed by atoms with Crippen LogP contribution in [0.4, 0.5) is 5.69 Å². The van der Waals surface area contributed by atoms with E-state index >= 15 is 0 Å². The number of benzene rings is 3. The monoisotopic (exact) mass is 561 g/mol. The van der Waals surface area contributed by atoms with Gasteiger partial charge in [-0.2, -0.15) is 0 Å². The van der Waals surface area contributed by atoms with Gasteiger partial charge >= 0.3 is 0 Å². The van der Waals surface area contributed by atoms with Crippen LogP contribution in [0.2, 0.25) is 0 Å². The van der Waals surface area contributed by atoms with E-state index in [1.54, 1.807) is 24.3 Å². The van der Waals surface area contributed by atoms with Gasteiger partial charge in [0.2, 0.25) is 12.3 Å². The van der Waals surface area contributed by atoms with Crippen LogP contribution in [0.1, 0.15) is 61.1 Å². The normalized spacial score (nSPS) is 16.1. The molecule has 0 aliphatic carbocycles. The predicted molar refractivity (Wildman–Crippen MR) is 159 cm³/mol. The molecule has 1 saturated heterocycles. The molecular weight excluding hydrogens is 522 g/mol. The van der Waals surface area contributed by atoms with E-state index in [1.807, 2.05) is 25.1 Å². The predicted octanol–water partition coefficient (Wildman–Crippen LogP) is 4.95. The van der Waals surface area contributed by atoms with Crippen molar-refractivity contribution in [2.75, 3.05) is 31.2 Å². The highest BCUT2D eigenvalue weighted by Gasteiger charge is 2.26. The minimum absolute atomic E-state index is 0.00436. The molecule has 1 aliphatic heterocycles. The summed E-state index contributed by atoms with van der Waals surface area (Å²) in [7, 11) is -3.27. The SMILES string of the molecule is CCC(C(=O)NC1CCN(CCC(c2ccccc2)c2ccc(NC=O)cc2)CC1)c1ccc(S(C)(=O)=O)cc1. The lowest BCUT2D eigenvalue weighted by atomic mass is 9.88. The number of carbonyl (C=O) groups excluding carboxylic acids is 2. The Bertz CT molecular complexity index is 1350. The standard InChI is InChI=1S/C32H39N3O4S/c1-3-30(25-11-15-29(16-12-25)40(2,38)39)32(37)34-28-17-20-35(21-18-28)22-19-31(24-7-5-4-6-8-24)26-9-13-27(14-10-26)33-23-36/h4-16,23,28,30-31H,3,17-22H2,1-2H3,(H,33,36)(H,34,37). The fourth-order valence-electron chi connectivity index (χ4n) is 5.52. The fraction of sp³-hybridized carbons (Fsp3) is 0.375. The fourth-order valence-corrected chi connectivity index (χ4v) is 6.16. The molecule has 2 N–H and O–H groups in total. The van der Waals surface area contributed by atoms with Crippen molar-refractivity contribution in [3.63, 3.8) is 0 Å². The van der Waals surface area contributed by atoms with Crippen molar-refractivity contribution in [3.05, 3.63) is 95.6 Å². The first-order valence-electron chi connectivity index (χ1n) is 14.0. The molecule has 40 heavy (non-hydrogen) atoms. The maximum Gasteiger partial charge on any atom is 0.227 e. The molecule has 8 heteroatoms. The zero-order valence-electron chi connectivity index (χ0n) is 23.3. The van der Waals surface area contributed by atoms with Crippen molar-refractivity contribution in [1.29, 1.82) is 0 Å².